The number of furan rings is 1. The molecule has 284 valence electrons. The SMILES string of the molecule is C=CCOC(=O)c1cc(NC(=O)C(CNC(=O)c2cc3ccoc3cc2C(=O)NCC23CC4CC(CC(C4)C2)C3)c2ccccc2)cc(C(=O)OCC=C)c1. The molecule has 4 aliphatic carbocycles. The topological polar surface area (TPSA) is 153 Å². The van der Waals surface area contributed by atoms with Crippen molar-refractivity contribution in [1.29, 1.82) is 0 Å². The van der Waals surface area contributed by atoms with Crippen LogP contribution in [0.25, 0.3) is 11.0 Å². The van der Waals surface area contributed by atoms with Gasteiger partial charge in [0, 0.05) is 24.2 Å². The van der Waals surface area contributed by atoms with Crippen LogP contribution in [0.5, 0.6) is 0 Å². The van der Waals surface area contributed by atoms with E-state index >= 15 is 0 Å². The van der Waals surface area contributed by atoms with Gasteiger partial charge in [-0.1, -0.05) is 55.6 Å². The largest absolute Gasteiger partial charge is 0.464 e. The van der Waals surface area contributed by atoms with Crippen LogP contribution < -0.4 is 16.0 Å². The molecule has 11 heteroatoms. The summed E-state index contributed by atoms with van der Waals surface area (Å²) in [7, 11) is 0. The Kier molecular flexibility index (Phi) is 11.0. The highest BCUT2D eigenvalue weighted by Crippen LogP contribution is 2.59. The van der Waals surface area contributed by atoms with E-state index in [1.54, 1.807) is 42.5 Å². The van der Waals surface area contributed by atoms with Gasteiger partial charge in [0.1, 0.15) is 18.8 Å². The van der Waals surface area contributed by atoms with E-state index in [-0.39, 0.29) is 59.0 Å². The minimum Gasteiger partial charge on any atom is -0.464 e. The Labute approximate surface area is 319 Å². The summed E-state index contributed by atoms with van der Waals surface area (Å²) < 4.78 is 16.0. The fourth-order valence-electron chi connectivity index (χ4n) is 9.19. The third-order valence-corrected chi connectivity index (χ3v) is 11.2. The Morgan fingerprint density at radius 3 is 1.95 bits per heavy atom. The van der Waals surface area contributed by atoms with Gasteiger partial charge in [-0.3, -0.25) is 14.4 Å². The molecule has 1 aromatic heterocycles. The number of benzene rings is 3. The second-order valence-electron chi connectivity index (χ2n) is 15.2. The Morgan fingerprint density at radius 1 is 0.764 bits per heavy atom. The highest BCUT2D eigenvalue weighted by molar-refractivity contribution is 6.10. The van der Waals surface area contributed by atoms with Crippen LogP contribution in [0.2, 0.25) is 0 Å². The number of esters is 2. The fraction of sp³-hybridized carbons (Fsp3) is 0.341. The predicted molar refractivity (Wildman–Crippen MR) is 207 cm³/mol. The third kappa shape index (κ3) is 8.41. The average molecular weight is 744 g/mol. The first-order chi connectivity index (χ1) is 26.6. The van der Waals surface area contributed by atoms with Gasteiger partial charge in [0.15, 0.2) is 0 Å². The van der Waals surface area contributed by atoms with E-state index in [1.165, 1.54) is 55.9 Å². The van der Waals surface area contributed by atoms with E-state index in [0.29, 0.717) is 23.1 Å². The number of hydrogen-bond acceptors (Lipinski definition) is 8. The molecule has 3 aromatic carbocycles. The summed E-state index contributed by atoms with van der Waals surface area (Å²) in [4.78, 5) is 67.5. The van der Waals surface area contributed by atoms with Crippen molar-refractivity contribution in [1.82, 2.24) is 10.6 Å². The number of rotatable bonds is 15. The Morgan fingerprint density at radius 2 is 1.35 bits per heavy atom. The molecule has 4 saturated carbocycles. The quantitative estimate of drug-likeness (QED) is 0.0853. The number of nitrogens with one attached hydrogen (secondary N) is 3. The number of carbonyl (C=O) groups is 5. The van der Waals surface area contributed by atoms with Crippen LogP contribution in [-0.4, -0.2) is 56.0 Å². The standard InChI is InChI=1S/C44H45N3O8/c1-3-11-54-42(51)32-17-33(43(52)55-12-4-2)19-34(18-32)47-41(50)37(30-8-6-5-7-9-30)25-45-39(48)35-20-31-10-13-53-38(31)21-36(35)40(49)46-26-44-22-27-14-28(23-44)16-29(15-27)24-44/h3-10,13,17-21,27-29,37H,1-2,11-12,14-16,22-26H2,(H,45,48)(H,46,49)(H,47,50). The third-order valence-electron chi connectivity index (χ3n) is 11.2. The molecule has 8 rings (SSSR count). The molecule has 0 saturated heterocycles. The summed E-state index contributed by atoms with van der Waals surface area (Å²) in [5, 5.41) is 9.55. The highest BCUT2D eigenvalue weighted by Gasteiger charge is 2.50. The van der Waals surface area contributed by atoms with Crippen molar-refractivity contribution in [2.45, 2.75) is 44.4 Å². The van der Waals surface area contributed by atoms with Crippen LogP contribution >= 0.6 is 0 Å². The molecule has 1 unspecified atom stereocenters. The van der Waals surface area contributed by atoms with Crippen LogP contribution in [0.15, 0.2) is 103 Å². The zero-order valence-corrected chi connectivity index (χ0v) is 30.6. The first-order valence-corrected chi connectivity index (χ1v) is 18.8. The van der Waals surface area contributed by atoms with E-state index in [4.69, 9.17) is 13.9 Å². The lowest BCUT2D eigenvalue weighted by Crippen LogP contribution is -2.51. The van der Waals surface area contributed by atoms with Gasteiger partial charge in [-0.25, -0.2) is 9.59 Å². The second kappa shape index (κ2) is 16.2. The van der Waals surface area contributed by atoms with Crippen LogP contribution in [0.1, 0.15) is 91.4 Å². The highest BCUT2D eigenvalue weighted by atomic mass is 16.5. The molecule has 4 aromatic rings. The lowest BCUT2D eigenvalue weighted by molar-refractivity contribution is -0.117. The summed E-state index contributed by atoms with van der Waals surface area (Å²) >= 11 is 0. The number of amides is 3. The van der Waals surface area contributed by atoms with Crippen LogP contribution in [-0.2, 0) is 14.3 Å². The van der Waals surface area contributed by atoms with Gasteiger partial charge < -0.3 is 29.8 Å². The molecule has 11 nitrogen and oxygen atoms in total. The van der Waals surface area contributed by atoms with Gasteiger partial charge in [0.25, 0.3) is 11.8 Å². The summed E-state index contributed by atoms with van der Waals surface area (Å²) in [6.45, 7) is 7.43. The van der Waals surface area contributed by atoms with E-state index in [1.807, 2.05) is 6.07 Å². The first-order valence-electron chi connectivity index (χ1n) is 18.8. The molecule has 0 radical (unpaired) electrons. The molecule has 1 atom stereocenters. The van der Waals surface area contributed by atoms with Crippen LogP contribution in [0, 0.1) is 23.2 Å². The van der Waals surface area contributed by atoms with E-state index in [0.717, 1.165) is 37.0 Å². The number of ether oxygens (including phenoxy) is 2. The van der Waals surface area contributed by atoms with Crippen molar-refractivity contribution >= 4 is 46.3 Å². The summed E-state index contributed by atoms with van der Waals surface area (Å²) in [5.74, 6) is -1.55. The Balaban J connectivity index is 1.10. The molecule has 0 spiro atoms. The zero-order chi connectivity index (χ0) is 38.5. The number of carbonyl (C=O) groups excluding carboxylic acids is 5. The van der Waals surface area contributed by atoms with Gasteiger partial charge in [0.2, 0.25) is 5.91 Å². The Bertz CT molecular complexity index is 2060. The van der Waals surface area contributed by atoms with Gasteiger partial charge in [-0.2, -0.15) is 0 Å². The monoisotopic (exact) mass is 743 g/mol. The second-order valence-corrected chi connectivity index (χ2v) is 15.2. The molecule has 3 N–H and O–H groups in total. The molecule has 3 amide bonds. The number of anilines is 1. The van der Waals surface area contributed by atoms with Gasteiger partial charge >= 0.3 is 11.9 Å². The molecule has 1 heterocycles. The minimum absolute atomic E-state index is 0.0124. The van der Waals surface area contributed by atoms with Gasteiger partial charge in [-0.05, 0) is 104 Å². The van der Waals surface area contributed by atoms with Crippen molar-refractivity contribution in [3.05, 3.63) is 126 Å². The molecular formula is C44H45N3O8. The van der Waals surface area contributed by atoms with E-state index in [2.05, 4.69) is 29.1 Å². The predicted octanol–water partition coefficient (Wildman–Crippen LogP) is 7.22. The van der Waals surface area contributed by atoms with Crippen molar-refractivity contribution in [3.63, 3.8) is 0 Å². The lowest BCUT2D eigenvalue weighted by atomic mass is 9.49. The maximum Gasteiger partial charge on any atom is 0.338 e. The maximum absolute atomic E-state index is 14.0. The number of hydrogen-bond donors (Lipinski definition) is 3. The molecular weight excluding hydrogens is 698 g/mol. The van der Waals surface area contributed by atoms with Gasteiger partial charge in [-0.15, -0.1) is 0 Å². The number of fused-ring (bicyclic) bond motifs is 1. The average Bonchev–Trinajstić information content (AvgIpc) is 3.65. The smallest absolute Gasteiger partial charge is 0.338 e. The van der Waals surface area contributed by atoms with Crippen molar-refractivity contribution in [3.8, 4) is 0 Å². The lowest BCUT2D eigenvalue weighted by Gasteiger charge is -2.56. The van der Waals surface area contributed by atoms with E-state index in [9.17, 15) is 24.0 Å². The normalized spacial score (nSPS) is 21.3. The molecule has 0 aliphatic heterocycles. The van der Waals surface area contributed by atoms with Crippen molar-refractivity contribution in [2.24, 2.45) is 23.2 Å². The maximum atomic E-state index is 14.0. The summed E-state index contributed by atoms with van der Waals surface area (Å²) in [6.07, 6.45) is 11.7. The molecule has 55 heavy (non-hydrogen) atoms. The van der Waals surface area contributed by atoms with Crippen LogP contribution in [0.4, 0.5) is 5.69 Å². The van der Waals surface area contributed by atoms with Crippen molar-refractivity contribution < 1.29 is 37.9 Å². The Hall–Kier alpha value is -5.97. The molecule has 4 aliphatic rings. The minimum atomic E-state index is -0.913. The first kappa shape index (κ1) is 37.3. The van der Waals surface area contributed by atoms with Crippen LogP contribution in [0.3, 0.4) is 0 Å². The van der Waals surface area contributed by atoms with Gasteiger partial charge in [0.05, 0.1) is 34.4 Å². The molecule has 4 bridgehead atoms. The molecule has 4 fully saturated rings. The zero-order valence-electron chi connectivity index (χ0n) is 30.6. The van der Waals surface area contributed by atoms with Crippen molar-refractivity contribution in [2.75, 3.05) is 31.6 Å². The van der Waals surface area contributed by atoms with E-state index < -0.39 is 29.7 Å². The summed E-state index contributed by atoms with van der Waals surface area (Å²) in [5.41, 5.74) is 1.72. The summed E-state index contributed by atoms with van der Waals surface area (Å²) in [6, 6.07) is 18.0. The fourth-order valence-corrected chi connectivity index (χ4v) is 9.19.